The SMILES string of the molecule is Cc1cccc(OCCCOc2cccc(/C=N\NC(=O)c3ccncc3)c2)c1C. The van der Waals surface area contributed by atoms with E-state index < -0.39 is 0 Å². The monoisotopic (exact) mass is 403 g/mol. The molecule has 2 aromatic carbocycles. The summed E-state index contributed by atoms with van der Waals surface area (Å²) in [7, 11) is 0. The maximum absolute atomic E-state index is 12.0. The van der Waals surface area contributed by atoms with Crippen molar-refractivity contribution in [1.82, 2.24) is 10.4 Å². The number of nitrogens with one attached hydrogen (secondary N) is 1. The second kappa shape index (κ2) is 10.8. The van der Waals surface area contributed by atoms with Crippen LogP contribution < -0.4 is 14.9 Å². The Kier molecular flexibility index (Phi) is 7.55. The van der Waals surface area contributed by atoms with Gasteiger partial charge in [-0.1, -0.05) is 24.3 Å². The number of carbonyl (C=O) groups excluding carboxylic acids is 1. The minimum atomic E-state index is -0.287. The van der Waals surface area contributed by atoms with Crippen LogP contribution in [0.4, 0.5) is 0 Å². The Bertz CT molecular complexity index is 1000. The predicted octanol–water partition coefficient (Wildman–Crippen LogP) is 4.31. The molecule has 0 bridgehead atoms. The number of aromatic nitrogens is 1. The molecule has 0 atom stereocenters. The summed E-state index contributed by atoms with van der Waals surface area (Å²) in [5.74, 6) is 1.37. The van der Waals surface area contributed by atoms with Crippen LogP contribution in [-0.4, -0.2) is 30.3 Å². The Morgan fingerprint density at radius 2 is 1.80 bits per heavy atom. The third kappa shape index (κ3) is 6.17. The van der Waals surface area contributed by atoms with Crippen LogP contribution in [0.1, 0.15) is 33.5 Å². The van der Waals surface area contributed by atoms with Crippen molar-refractivity contribution in [1.29, 1.82) is 0 Å². The van der Waals surface area contributed by atoms with E-state index >= 15 is 0 Å². The van der Waals surface area contributed by atoms with E-state index in [0.717, 1.165) is 23.5 Å². The van der Waals surface area contributed by atoms with E-state index in [9.17, 15) is 4.79 Å². The molecule has 154 valence electrons. The maximum Gasteiger partial charge on any atom is 0.271 e. The minimum absolute atomic E-state index is 0.287. The number of ether oxygens (including phenoxy) is 2. The lowest BCUT2D eigenvalue weighted by Gasteiger charge is -2.11. The Morgan fingerprint density at radius 1 is 1.03 bits per heavy atom. The number of amides is 1. The van der Waals surface area contributed by atoms with Crippen molar-refractivity contribution in [2.45, 2.75) is 20.3 Å². The number of benzene rings is 2. The van der Waals surface area contributed by atoms with Gasteiger partial charge in [0.25, 0.3) is 5.91 Å². The highest BCUT2D eigenvalue weighted by Crippen LogP contribution is 2.20. The van der Waals surface area contributed by atoms with E-state index in [2.05, 4.69) is 35.4 Å². The number of hydrazone groups is 1. The van der Waals surface area contributed by atoms with E-state index in [4.69, 9.17) is 9.47 Å². The van der Waals surface area contributed by atoms with Gasteiger partial charge in [0, 0.05) is 24.4 Å². The lowest BCUT2D eigenvalue weighted by molar-refractivity contribution is 0.0955. The smallest absolute Gasteiger partial charge is 0.271 e. The molecule has 1 aromatic heterocycles. The number of pyridine rings is 1. The van der Waals surface area contributed by atoms with Gasteiger partial charge in [0.1, 0.15) is 11.5 Å². The predicted molar refractivity (Wildman–Crippen MR) is 117 cm³/mol. The molecule has 1 heterocycles. The Morgan fingerprint density at radius 3 is 2.63 bits per heavy atom. The summed E-state index contributed by atoms with van der Waals surface area (Å²) in [6, 6.07) is 16.8. The fourth-order valence-corrected chi connectivity index (χ4v) is 2.73. The second-order valence-corrected chi connectivity index (χ2v) is 6.76. The summed E-state index contributed by atoms with van der Waals surface area (Å²) in [4.78, 5) is 15.8. The molecule has 0 unspecified atom stereocenters. The first-order valence-electron chi connectivity index (χ1n) is 9.79. The number of rotatable bonds is 9. The molecule has 0 spiro atoms. The molecule has 0 aliphatic heterocycles. The average molecular weight is 403 g/mol. The van der Waals surface area contributed by atoms with Crippen LogP contribution in [0.5, 0.6) is 11.5 Å². The number of hydrogen-bond donors (Lipinski definition) is 1. The summed E-state index contributed by atoms with van der Waals surface area (Å²) < 4.78 is 11.6. The minimum Gasteiger partial charge on any atom is -0.493 e. The quantitative estimate of drug-likeness (QED) is 0.328. The summed E-state index contributed by atoms with van der Waals surface area (Å²) in [6.07, 6.45) is 5.47. The average Bonchev–Trinajstić information content (AvgIpc) is 2.77. The molecule has 0 radical (unpaired) electrons. The van der Waals surface area contributed by atoms with Crippen molar-refractivity contribution in [3.05, 3.63) is 89.2 Å². The second-order valence-electron chi connectivity index (χ2n) is 6.76. The van der Waals surface area contributed by atoms with E-state index in [1.807, 2.05) is 36.4 Å². The normalized spacial score (nSPS) is 10.7. The van der Waals surface area contributed by atoms with E-state index in [0.29, 0.717) is 18.8 Å². The van der Waals surface area contributed by atoms with Gasteiger partial charge >= 0.3 is 0 Å². The molecule has 30 heavy (non-hydrogen) atoms. The third-order valence-electron chi connectivity index (χ3n) is 4.55. The van der Waals surface area contributed by atoms with Crippen LogP contribution >= 0.6 is 0 Å². The first-order chi connectivity index (χ1) is 14.6. The van der Waals surface area contributed by atoms with Crippen LogP contribution in [0.2, 0.25) is 0 Å². The number of carbonyl (C=O) groups is 1. The highest BCUT2D eigenvalue weighted by molar-refractivity contribution is 5.94. The fourth-order valence-electron chi connectivity index (χ4n) is 2.73. The molecule has 3 rings (SSSR count). The van der Waals surface area contributed by atoms with Gasteiger partial charge in [0.05, 0.1) is 19.4 Å². The van der Waals surface area contributed by atoms with Gasteiger partial charge in [-0.3, -0.25) is 9.78 Å². The molecule has 1 N–H and O–H groups in total. The van der Waals surface area contributed by atoms with Gasteiger partial charge in [-0.05, 0) is 60.9 Å². The molecular formula is C24H25N3O3. The number of nitrogens with zero attached hydrogens (tertiary/aromatic N) is 2. The zero-order valence-electron chi connectivity index (χ0n) is 17.2. The molecule has 0 saturated heterocycles. The Hall–Kier alpha value is -3.67. The molecule has 6 nitrogen and oxygen atoms in total. The van der Waals surface area contributed by atoms with Crippen molar-refractivity contribution < 1.29 is 14.3 Å². The first-order valence-corrected chi connectivity index (χ1v) is 9.79. The molecule has 6 heteroatoms. The fraction of sp³-hybridized carbons (Fsp3) is 0.208. The van der Waals surface area contributed by atoms with Gasteiger partial charge in [0.2, 0.25) is 0 Å². The first kappa shape index (κ1) is 21.0. The van der Waals surface area contributed by atoms with Crippen LogP contribution in [0.15, 0.2) is 72.1 Å². The molecule has 1 amide bonds. The lowest BCUT2D eigenvalue weighted by atomic mass is 10.1. The van der Waals surface area contributed by atoms with Crippen molar-refractivity contribution >= 4 is 12.1 Å². The Balaban J connectivity index is 1.42. The molecule has 0 saturated carbocycles. The van der Waals surface area contributed by atoms with Gasteiger partial charge in [-0.15, -0.1) is 0 Å². The molecular weight excluding hydrogens is 378 g/mol. The largest absolute Gasteiger partial charge is 0.493 e. The van der Waals surface area contributed by atoms with Crippen molar-refractivity contribution in [2.24, 2.45) is 5.10 Å². The molecule has 3 aromatic rings. The summed E-state index contributed by atoms with van der Waals surface area (Å²) in [5.41, 5.74) is 6.22. The number of aryl methyl sites for hydroxylation is 1. The highest BCUT2D eigenvalue weighted by Gasteiger charge is 2.03. The Labute approximate surface area is 176 Å². The van der Waals surface area contributed by atoms with E-state index in [1.165, 1.54) is 11.1 Å². The van der Waals surface area contributed by atoms with E-state index in [-0.39, 0.29) is 5.91 Å². The van der Waals surface area contributed by atoms with Gasteiger partial charge < -0.3 is 9.47 Å². The van der Waals surface area contributed by atoms with Crippen LogP contribution in [-0.2, 0) is 0 Å². The highest BCUT2D eigenvalue weighted by atomic mass is 16.5. The van der Waals surface area contributed by atoms with Crippen molar-refractivity contribution in [2.75, 3.05) is 13.2 Å². The van der Waals surface area contributed by atoms with Crippen LogP contribution in [0.25, 0.3) is 0 Å². The van der Waals surface area contributed by atoms with Gasteiger partial charge in [-0.2, -0.15) is 5.10 Å². The molecule has 0 aliphatic carbocycles. The zero-order chi connectivity index (χ0) is 21.2. The standard InChI is InChI=1S/C24H25N3O3/c1-18-6-3-9-23(19(18)2)30-15-5-14-29-22-8-4-7-20(16-22)17-26-27-24(28)21-10-12-25-13-11-21/h3-4,6-13,16-17H,5,14-15H2,1-2H3,(H,27,28)/b26-17-. The van der Waals surface area contributed by atoms with Gasteiger partial charge in [0.15, 0.2) is 0 Å². The zero-order valence-corrected chi connectivity index (χ0v) is 17.2. The maximum atomic E-state index is 12.0. The van der Waals surface area contributed by atoms with Gasteiger partial charge in [-0.25, -0.2) is 5.43 Å². The van der Waals surface area contributed by atoms with Crippen molar-refractivity contribution in [3.8, 4) is 11.5 Å². The van der Waals surface area contributed by atoms with Crippen LogP contribution in [0.3, 0.4) is 0 Å². The molecule has 0 aliphatic rings. The summed E-state index contributed by atoms with van der Waals surface area (Å²) in [5, 5.41) is 4.00. The third-order valence-corrected chi connectivity index (χ3v) is 4.55. The van der Waals surface area contributed by atoms with Crippen LogP contribution in [0, 0.1) is 13.8 Å². The van der Waals surface area contributed by atoms with E-state index in [1.54, 1.807) is 30.7 Å². The summed E-state index contributed by atoms with van der Waals surface area (Å²) in [6.45, 7) is 5.27. The number of hydrogen-bond acceptors (Lipinski definition) is 5. The summed E-state index contributed by atoms with van der Waals surface area (Å²) >= 11 is 0. The van der Waals surface area contributed by atoms with Crippen molar-refractivity contribution in [3.63, 3.8) is 0 Å². The lowest BCUT2D eigenvalue weighted by Crippen LogP contribution is -2.17. The topological polar surface area (TPSA) is 72.8 Å². The molecule has 0 fully saturated rings.